The number of rotatable bonds is 3. The van der Waals surface area contributed by atoms with Gasteiger partial charge in [-0.05, 0) is 29.8 Å². The van der Waals surface area contributed by atoms with Crippen LogP contribution in [0.1, 0.15) is 5.56 Å². The molecule has 0 saturated heterocycles. The van der Waals surface area contributed by atoms with Crippen LogP contribution in [0.2, 0.25) is 0 Å². The minimum absolute atomic E-state index is 0.125. The van der Waals surface area contributed by atoms with Gasteiger partial charge in [-0.3, -0.25) is 10.1 Å². The van der Waals surface area contributed by atoms with E-state index in [4.69, 9.17) is 0 Å². The van der Waals surface area contributed by atoms with E-state index in [9.17, 15) is 10.1 Å². The van der Waals surface area contributed by atoms with Crippen LogP contribution in [0.3, 0.4) is 0 Å². The van der Waals surface area contributed by atoms with Gasteiger partial charge in [0.25, 0.3) is 5.69 Å². The second kappa shape index (κ2) is 6.02. The zero-order valence-corrected chi connectivity index (χ0v) is 13.6. The predicted molar refractivity (Wildman–Crippen MR) is 95.9 cm³/mol. The van der Waals surface area contributed by atoms with Gasteiger partial charge in [0.2, 0.25) is 0 Å². The third-order valence-electron chi connectivity index (χ3n) is 3.99. The Morgan fingerprint density at radius 2 is 1.50 bits per heavy atom. The molecule has 0 atom stereocenters. The second-order valence-electron chi connectivity index (χ2n) is 5.55. The van der Waals surface area contributed by atoms with Crippen LogP contribution in [0, 0.1) is 10.1 Å². The molecule has 0 N–H and O–H groups in total. The van der Waals surface area contributed by atoms with E-state index < -0.39 is 0 Å². The van der Waals surface area contributed by atoms with E-state index in [0.29, 0.717) is 6.54 Å². The lowest BCUT2D eigenvalue weighted by Gasteiger charge is -2.32. The molecule has 4 rings (SSSR count). The smallest absolute Gasteiger partial charge is 0.269 e. The van der Waals surface area contributed by atoms with Gasteiger partial charge in [0.15, 0.2) is 0 Å². The van der Waals surface area contributed by atoms with Crippen LogP contribution in [0.25, 0.3) is 0 Å². The number of nitro benzene ring substituents is 1. The first-order valence-corrected chi connectivity index (χ1v) is 8.41. The van der Waals surface area contributed by atoms with Crippen molar-refractivity contribution in [3.63, 3.8) is 0 Å². The van der Waals surface area contributed by atoms with Crippen molar-refractivity contribution in [3.05, 3.63) is 88.5 Å². The van der Waals surface area contributed by atoms with Crippen molar-refractivity contribution in [1.29, 1.82) is 0 Å². The molecule has 0 fully saturated rings. The fourth-order valence-corrected chi connectivity index (χ4v) is 4.00. The van der Waals surface area contributed by atoms with Crippen LogP contribution in [0.5, 0.6) is 0 Å². The molecular formula is C19H14N2O2S. The predicted octanol–water partition coefficient (Wildman–Crippen LogP) is 5.40. The normalized spacial score (nSPS) is 12.4. The summed E-state index contributed by atoms with van der Waals surface area (Å²) in [5.74, 6) is 0. The number of nitro groups is 1. The number of hydrogen-bond acceptors (Lipinski definition) is 4. The number of fused-ring (bicyclic) bond motifs is 2. The third-order valence-corrected chi connectivity index (χ3v) is 5.12. The van der Waals surface area contributed by atoms with Crippen molar-refractivity contribution in [3.8, 4) is 0 Å². The average molecular weight is 334 g/mol. The largest absolute Gasteiger partial charge is 0.335 e. The molecule has 0 amide bonds. The van der Waals surface area contributed by atoms with Crippen molar-refractivity contribution in [2.75, 3.05) is 4.90 Å². The van der Waals surface area contributed by atoms with Crippen LogP contribution in [-0.2, 0) is 6.54 Å². The first-order chi connectivity index (χ1) is 11.7. The number of nitrogens with zero attached hydrogens (tertiary/aromatic N) is 2. The summed E-state index contributed by atoms with van der Waals surface area (Å²) in [6, 6.07) is 23.4. The molecule has 0 aliphatic carbocycles. The Bertz CT molecular complexity index is 881. The minimum atomic E-state index is -0.350. The van der Waals surface area contributed by atoms with Gasteiger partial charge in [0, 0.05) is 28.5 Å². The number of non-ortho nitro benzene ring substituents is 1. The fraction of sp³-hybridized carbons (Fsp3) is 0.0526. The Morgan fingerprint density at radius 1 is 0.875 bits per heavy atom. The molecule has 118 valence electrons. The second-order valence-corrected chi connectivity index (χ2v) is 6.63. The third kappa shape index (κ3) is 2.63. The van der Waals surface area contributed by atoms with Gasteiger partial charge in [0.05, 0.1) is 16.3 Å². The van der Waals surface area contributed by atoms with E-state index in [2.05, 4.69) is 29.2 Å². The monoisotopic (exact) mass is 334 g/mol. The van der Waals surface area contributed by atoms with Crippen molar-refractivity contribution in [1.82, 2.24) is 0 Å². The summed E-state index contributed by atoms with van der Waals surface area (Å²) in [5, 5.41) is 11.0. The molecule has 0 bridgehead atoms. The molecule has 3 aromatic rings. The summed E-state index contributed by atoms with van der Waals surface area (Å²) >= 11 is 1.75. The number of benzene rings is 3. The summed E-state index contributed by atoms with van der Waals surface area (Å²) in [7, 11) is 0. The molecule has 0 radical (unpaired) electrons. The van der Waals surface area contributed by atoms with Gasteiger partial charge in [-0.15, -0.1) is 0 Å². The van der Waals surface area contributed by atoms with Gasteiger partial charge >= 0.3 is 0 Å². The molecule has 1 aliphatic heterocycles. The van der Waals surface area contributed by atoms with Crippen molar-refractivity contribution < 1.29 is 4.92 Å². The summed E-state index contributed by atoms with van der Waals surface area (Å²) < 4.78 is 0. The Labute approximate surface area is 143 Å². The summed E-state index contributed by atoms with van der Waals surface area (Å²) in [6.45, 7) is 0.594. The van der Waals surface area contributed by atoms with Crippen LogP contribution in [0.4, 0.5) is 17.1 Å². The first-order valence-electron chi connectivity index (χ1n) is 7.59. The van der Waals surface area contributed by atoms with E-state index in [1.807, 2.05) is 30.3 Å². The van der Waals surface area contributed by atoms with Crippen LogP contribution < -0.4 is 4.90 Å². The topological polar surface area (TPSA) is 46.4 Å². The molecule has 5 heteroatoms. The van der Waals surface area contributed by atoms with Crippen molar-refractivity contribution in [2.45, 2.75) is 16.3 Å². The molecule has 0 spiro atoms. The highest BCUT2D eigenvalue weighted by Gasteiger charge is 2.23. The maximum atomic E-state index is 11.0. The zero-order chi connectivity index (χ0) is 16.5. The Kier molecular flexibility index (Phi) is 3.70. The lowest BCUT2D eigenvalue weighted by molar-refractivity contribution is -0.384. The van der Waals surface area contributed by atoms with E-state index in [0.717, 1.165) is 16.9 Å². The van der Waals surface area contributed by atoms with Gasteiger partial charge in [-0.25, -0.2) is 0 Å². The zero-order valence-electron chi connectivity index (χ0n) is 12.8. The lowest BCUT2D eigenvalue weighted by atomic mass is 10.1. The summed E-state index contributed by atoms with van der Waals surface area (Å²) in [6.07, 6.45) is 0. The molecule has 0 unspecified atom stereocenters. The highest BCUT2D eigenvalue weighted by atomic mass is 32.2. The Hall–Kier alpha value is -2.79. The van der Waals surface area contributed by atoms with Gasteiger partial charge in [0.1, 0.15) is 0 Å². The van der Waals surface area contributed by atoms with Crippen molar-refractivity contribution in [2.24, 2.45) is 0 Å². The van der Waals surface area contributed by atoms with E-state index >= 15 is 0 Å². The maximum Gasteiger partial charge on any atom is 0.269 e. The number of para-hydroxylation sites is 2. The number of hydrogen-bond donors (Lipinski definition) is 0. The van der Waals surface area contributed by atoms with Gasteiger partial charge in [-0.1, -0.05) is 48.2 Å². The molecular weight excluding hydrogens is 320 g/mol. The molecule has 0 aromatic heterocycles. The summed E-state index contributed by atoms with van der Waals surface area (Å²) in [4.78, 5) is 15.3. The van der Waals surface area contributed by atoms with Crippen LogP contribution in [-0.4, -0.2) is 4.92 Å². The van der Waals surface area contributed by atoms with Crippen LogP contribution in [0.15, 0.2) is 82.6 Å². The summed E-state index contributed by atoms with van der Waals surface area (Å²) in [5.41, 5.74) is 3.31. The van der Waals surface area contributed by atoms with Gasteiger partial charge in [-0.2, -0.15) is 0 Å². The Morgan fingerprint density at radius 3 is 2.12 bits per heavy atom. The SMILES string of the molecule is O=[N+]([O-])c1cccc(CN2c3ccccc3Sc3ccccc32)c1. The van der Waals surface area contributed by atoms with E-state index in [1.54, 1.807) is 23.9 Å². The van der Waals surface area contributed by atoms with Crippen molar-refractivity contribution >= 4 is 28.8 Å². The molecule has 0 saturated carbocycles. The molecule has 1 heterocycles. The molecule has 1 aliphatic rings. The highest BCUT2D eigenvalue weighted by Crippen LogP contribution is 2.48. The molecule has 4 nitrogen and oxygen atoms in total. The fourth-order valence-electron chi connectivity index (χ4n) is 2.90. The first kappa shape index (κ1) is 14.8. The van der Waals surface area contributed by atoms with E-state index in [-0.39, 0.29) is 10.6 Å². The number of anilines is 2. The average Bonchev–Trinajstić information content (AvgIpc) is 2.62. The van der Waals surface area contributed by atoms with E-state index in [1.165, 1.54) is 15.9 Å². The van der Waals surface area contributed by atoms with Crippen LogP contribution >= 0.6 is 11.8 Å². The lowest BCUT2D eigenvalue weighted by Crippen LogP contribution is -2.20. The molecule has 24 heavy (non-hydrogen) atoms. The maximum absolute atomic E-state index is 11.0. The standard InChI is InChI=1S/C19H14N2O2S/c22-21(23)15-7-5-6-14(12-15)13-20-16-8-1-3-10-18(16)24-19-11-4-2-9-17(19)20/h1-12H,13H2. The minimum Gasteiger partial charge on any atom is -0.335 e. The highest BCUT2D eigenvalue weighted by molar-refractivity contribution is 7.99. The Balaban J connectivity index is 1.78. The molecule has 3 aromatic carbocycles. The van der Waals surface area contributed by atoms with Gasteiger partial charge < -0.3 is 4.90 Å². The quantitative estimate of drug-likeness (QED) is 0.475.